The summed E-state index contributed by atoms with van der Waals surface area (Å²) in [5.74, 6) is -2.65. The Morgan fingerprint density at radius 3 is 2.53 bits per heavy atom. The smallest absolute Gasteiger partial charge is 0.416 e. The van der Waals surface area contributed by atoms with Gasteiger partial charge < -0.3 is 19.7 Å². The Labute approximate surface area is 281 Å². The molecule has 2 atom stereocenters. The Balaban J connectivity index is 1.54. The molecule has 2 aliphatic rings. The van der Waals surface area contributed by atoms with Gasteiger partial charge in [-0.2, -0.15) is 13.2 Å². The Kier molecular flexibility index (Phi) is 9.53. The van der Waals surface area contributed by atoms with Crippen molar-refractivity contribution < 1.29 is 41.0 Å². The standard InChI is InChI=1S/C35H30ClF6N3O4/c1-18-3-2-4-30-33(18)20-9-24(34(39)26(36)10-20)28(13-32(47)48)43-14-29(23-11-22(49-30)5-6-27(23)38)45-15-19(7-8-44-16-21(37)17-44)25(12-31(45)46)35(40,41)42/h2-6,9-12,15,21,28-29,43H,7-8,13-14,16-17H2,1H3,(H,47,48)/t28-,29-/m0/s1. The lowest BCUT2D eigenvalue weighted by Crippen LogP contribution is -2.49. The summed E-state index contributed by atoms with van der Waals surface area (Å²) in [5, 5.41) is 12.4. The monoisotopic (exact) mass is 705 g/mol. The average Bonchev–Trinajstić information content (AvgIpc) is 3.01. The third-order valence-corrected chi connectivity index (χ3v) is 9.13. The normalized spacial score (nSPS) is 18.4. The number of alkyl halides is 4. The predicted molar refractivity (Wildman–Crippen MR) is 170 cm³/mol. The van der Waals surface area contributed by atoms with Gasteiger partial charge in [0.15, 0.2) is 0 Å². The lowest BCUT2D eigenvalue weighted by atomic mass is 9.94. The summed E-state index contributed by atoms with van der Waals surface area (Å²) in [6.07, 6.45) is -5.83. The summed E-state index contributed by atoms with van der Waals surface area (Å²) in [6.45, 7) is 1.58. The molecule has 0 spiro atoms. The van der Waals surface area contributed by atoms with E-state index in [0.717, 1.165) is 16.8 Å². The number of benzene rings is 3. The third-order valence-electron chi connectivity index (χ3n) is 8.86. The van der Waals surface area contributed by atoms with Gasteiger partial charge >= 0.3 is 12.1 Å². The molecule has 3 heterocycles. The number of carboxylic acids is 1. The molecule has 0 amide bonds. The molecular formula is C35H30ClF6N3O4. The summed E-state index contributed by atoms with van der Waals surface area (Å²) in [7, 11) is 0. The van der Waals surface area contributed by atoms with Crippen molar-refractivity contribution in [1.82, 2.24) is 14.8 Å². The van der Waals surface area contributed by atoms with Crippen LogP contribution in [0.25, 0.3) is 11.1 Å². The van der Waals surface area contributed by atoms with Gasteiger partial charge in [0, 0.05) is 61.2 Å². The molecule has 1 fully saturated rings. The minimum absolute atomic E-state index is 0.0704. The number of aryl methyl sites for hydroxylation is 1. The lowest BCUT2D eigenvalue weighted by Gasteiger charge is -2.34. The maximum atomic E-state index is 15.8. The van der Waals surface area contributed by atoms with Crippen LogP contribution in [0.2, 0.25) is 5.02 Å². The van der Waals surface area contributed by atoms with Crippen LogP contribution < -0.4 is 15.6 Å². The van der Waals surface area contributed by atoms with Gasteiger partial charge in [0.2, 0.25) is 0 Å². The number of hydrogen-bond donors (Lipinski definition) is 2. The highest BCUT2D eigenvalue weighted by Crippen LogP contribution is 2.41. The molecule has 2 aliphatic heterocycles. The number of nitrogens with zero attached hydrogens (tertiary/aromatic N) is 2. The van der Waals surface area contributed by atoms with E-state index in [4.69, 9.17) is 16.3 Å². The fourth-order valence-electron chi connectivity index (χ4n) is 6.42. The Morgan fingerprint density at radius 1 is 1.08 bits per heavy atom. The van der Waals surface area contributed by atoms with Crippen molar-refractivity contribution in [3.05, 3.63) is 116 Å². The number of pyridine rings is 1. The molecule has 14 heteroatoms. The average molecular weight is 706 g/mol. The molecule has 2 N–H and O–H groups in total. The van der Waals surface area contributed by atoms with E-state index in [1.807, 2.05) is 0 Å². The van der Waals surface area contributed by atoms with E-state index < -0.39 is 66.1 Å². The van der Waals surface area contributed by atoms with Crippen molar-refractivity contribution in [2.24, 2.45) is 0 Å². The van der Waals surface area contributed by atoms with Crippen LogP contribution in [-0.4, -0.2) is 52.9 Å². The minimum atomic E-state index is -4.90. The first-order valence-corrected chi connectivity index (χ1v) is 15.8. The van der Waals surface area contributed by atoms with E-state index in [-0.39, 0.29) is 59.3 Å². The molecule has 6 rings (SSSR count). The Morgan fingerprint density at radius 2 is 1.84 bits per heavy atom. The summed E-state index contributed by atoms with van der Waals surface area (Å²) < 4.78 is 94.5. The summed E-state index contributed by atoms with van der Waals surface area (Å²) in [6, 6.07) is 9.45. The summed E-state index contributed by atoms with van der Waals surface area (Å²) >= 11 is 6.34. The molecule has 258 valence electrons. The van der Waals surface area contributed by atoms with Crippen LogP contribution in [0.3, 0.4) is 0 Å². The number of likely N-dealkylation sites (tertiary alicyclic amines) is 1. The fraction of sp³-hybridized carbons (Fsp3) is 0.314. The van der Waals surface area contributed by atoms with E-state index in [2.05, 4.69) is 5.32 Å². The number of halogens is 7. The number of fused-ring (bicyclic) bond motifs is 6. The summed E-state index contributed by atoms with van der Waals surface area (Å²) in [5.41, 5.74) is -1.24. The quantitative estimate of drug-likeness (QED) is 0.203. The van der Waals surface area contributed by atoms with E-state index in [9.17, 15) is 32.3 Å². The fourth-order valence-corrected chi connectivity index (χ4v) is 6.64. The Hall–Kier alpha value is -4.33. The number of carboxylic acid groups (broad SMARTS) is 1. The second kappa shape index (κ2) is 13.5. The highest BCUT2D eigenvalue weighted by molar-refractivity contribution is 6.31. The Bertz CT molecular complexity index is 1980. The highest BCUT2D eigenvalue weighted by Gasteiger charge is 2.36. The molecule has 0 saturated carbocycles. The molecule has 3 aromatic carbocycles. The molecule has 4 bridgehead atoms. The first-order chi connectivity index (χ1) is 23.2. The van der Waals surface area contributed by atoms with Crippen molar-refractivity contribution in [2.45, 2.75) is 44.2 Å². The number of hydrogen-bond acceptors (Lipinski definition) is 5. The molecule has 49 heavy (non-hydrogen) atoms. The first-order valence-electron chi connectivity index (χ1n) is 15.4. The van der Waals surface area contributed by atoms with Crippen LogP contribution in [0.4, 0.5) is 26.3 Å². The molecule has 7 nitrogen and oxygen atoms in total. The number of aliphatic carboxylic acids is 1. The van der Waals surface area contributed by atoms with Crippen molar-refractivity contribution in [3.8, 4) is 22.6 Å². The van der Waals surface area contributed by atoms with Gasteiger partial charge in [0.1, 0.15) is 29.3 Å². The van der Waals surface area contributed by atoms with E-state index in [1.54, 1.807) is 30.0 Å². The van der Waals surface area contributed by atoms with Crippen LogP contribution in [0.1, 0.15) is 46.3 Å². The van der Waals surface area contributed by atoms with E-state index >= 15 is 8.78 Å². The van der Waals surface area contributed by atoms with Gasteiger partial charge in [-0.1, -0.05) is 23.7 Å². The van der Waals surface area contributed by atoms with Gasteiger partial charge in [0.25, 0.3) is 5.56 Å². The van der Waals surface area contributed by atoms with Gasteiger partial charge in [-0.3, -0.25) is 14.5 Å². The van der Waals surface area contributed by atoms with Crippen LogP contribution >= 0.6 is 11.6 Å². The highest BCUT2D eigenvalue weighted by atomic mass is 35.5. The van der Waals surface area contributed by atoms with Crippen molar-refractivity contribution in [1.29, 1.82) is 0 Å². The van der Waals surface area contributed by atoms with Crippen LogP contribution in [0.5, 0.6) is 11.5 Å². The second-order valence-corrected chi connectivity index (χ2v) is 12.6. The van der Waals surface area contributed by atoms with Gasteiger partial charge in [-0.05, 0) is 66.4 Å². The van der Waals surface area contributed by atoms with Crippen LogP contribution in [0, 0.1) is 18.6 Å². The molecule has 0 radical (unpaired) electrons. The van der Waals surface area contributed by atoms with Crippen LogP contribution in [0.15, 0.2) is 65.6 Å². The zero-order valence-electron chi connectivity index (χ0n) is 26.0. The van der Waals surface area contributed by atoms with Crippen molar-refractivity contribution in [2.75, 3.05) is 26.2 Å². The van der Waals surface area contributed by atoms with E-state index in [0.29, 0.717) is 22.8 Å². The summed E-state index contributed by atoms with van der Waals surface area (Å²) in [4.78, 5) is 27.1. The first kappa shape index (κ1) is 34.5. The van der Waals surface area contributed by atoms with Crippen LogP contribution in [-0.2, 0) is 17.4 Å². The molecule has 1 aromatic heterocycles. The predicted octanol–water partition coefficient (Wildman–Crippen LogP) is 7.47. The maximum absolute atomic E-state index is 15.8. The topological polar surface area (TPSA) is 83.8 Å². The zero-order chi connectivity index (χ0) is 35.2. The minimum Gasteiger partial charge on any atom is -0.481 e. The van der Waals surface area contributed by atoms with Gasteiger partial charge in [0.05, 0.1) is 23.0 Å². The largest absolute Gasteiger partial charge is 0.481 e. The second-order valence-electron chi connectivity index (χ2n) is 12.2. The number of nitrogens with one attached hydrogen (secondary N) is 1. The van der Waals surface area contributed by atoms with Crippen molar-refractivity contribution >= 4 is 17.6 Å². The molecule has 4 aromatic rings. The zero-order valence-corrected chi connectivity index (χ0v) is 26.7. The SMILES string of the molecule is Cc1cccc2c1-c1cc(Cl)c(F)c(c1)[C@H](CC(=O)O)NC[C@H](n1cc(CCN3CC(F)C3)c(C(F)(F)F)cc1=O)c1cc(ccc1F)O2. The van der Waals surface area contributed by atoms with E-state index in [1.165, 1.54) is 24.3 Å². The maximum Gasteiger partial charge on any atom is 0.416 e. The van der Waals surface area contributed by atoms with Gasteiger partial charge in [-0.25, -0.2) is 13.2 Å². The number of carbonyl (C=O) groups is 1. The number of rotatable bonds is 6. The number of aromatic nitrogens is 1. The third kappa shape index (κ3) is 7.19. The molecule has 1 saturated heterocycles. The van der Waals surface area contributed by atoms with Crippen molar-refractivity contribution in [3.63, 3.8) is 0 Å². The lowest BCUT2D eigenvalue weighted by molar-refractivity contribution is -0.139. The van der Waals surface area contributed by atoms with Gasteiger partial charge in [-0.15, -0.1) is 0 Å². The molecule has 0 unspecified atom stereocenters. The molecular weight excluding hydrogens is 676 g/mol. The number of ether oxygens (including phenoxy) is 1. The molecule has 0 aliphatic carbocycles.